The van der Waals surface area contributed by atoms with E-state index in [4.69, 9.17) is 18.9 Å². The minimum absolute atomic E-state index is 0.549. The van der Waals surface area contributed by atoms with Crippen molar-refractivity contribution in [3.8, 4) is 34.5 Å². The van der Waals surface area contributed by atoms with Crippen LogP contribution in [-0.2, 0) is 0 Å². The monoisotopic (exact) mass is 292 g/mol. The zero-order valence-electron chi connectivity index (χ0n) is 11.7. The normalized spacial score (nSPS) is 14.5. The first kappa shape index (κ1) is 11.7. The van der Waals surface area contributed by atoms with Crippen molar-refractivity contribution in [3.05, 3.63) is 48.5 Å². The van der Waals surface area contributed by atoms with Gasteiger partial charge in [0.15, 0.2) is 34.5 Å². The molecule has 108 valence electrons. The Morgan fingerprint density at radius 2 is 1.00 bits per heavy atom. The Morgan fingerprint density at radius 3 is 1.50 bits per heavy atom. The predicted molar refractivity (Wildman–Crippen MR) is 81.5 cm³/mol. The molecule has 2 heterocycles. The largest absolute Gasteiger partial charge is 0.486 e. The lowest BCUT2D eigenvalue weighted by molar-refractivity contribution is 0.169. The molecule has 0 unspecified atom stereocenters. The van der Waals surface area contributed by atoms with Crippen LogP contribution in [0.3, 0.4) is 0 Å². The maximum absolute atomic E-state index is 5.99. The highest BCUT2D eigenvalue weighted by molar-refractivity contribution is 5.86. The maximum atomic E-state index is 5.99. The first-order valence-corrected chi connectivity index (χ1v) is 7.19. The molecule has 0 saturated heterocycles. The van der Waals surface area contributed by atoms with E-state index in [9.17, 15) is 0 Å². The summed E-state index contributed by atoms with van der Waals surface area (Å²) in [5.74, 6) is 4.10. The second-order valence-corrected chi connectivity index (χ2v) is 5.29. The number of ether oxygens (including phenoxy) is 4. The molecule has 0 radical (unpaired) electrons. The molecular weight excluding hydrogens is 280 g/mol. The van der Waals surface area contributed by atoms with Gasteiger partial charge < -0.3 is 18.9 Å². The standard InChI is InChI=1S/C18H12O4/c1-2-4-12-8-16-15(7-11(12)3-1)21-17-9-13-14(10-18(17)22-16)20-6-5-19-13/h1-4,7-10H,5-6H2. The van der Waals surface area contributed by atoms with Gasteiger partial charge in [-0.25, -0.2) is 0 Å². The third-order valence-corrected chi connectivity index (χ3v) is 3.86. The molecule has 3 aromatic carbocycles. The van der Waals surface area contributed by atoms with Crippen LogP contribution in [0.1, 0.15) is 0 Å². The fourth-order valence-electron chi connectivity index (χ4n) is 2.81. The van der Waals surface area contributed by atoms with E-state index in [0.717, 1.165) is 10.8 Å². The summed E-state index contributed by atoms with van der Waals surface area (Å²) in [5, 5.41) is 2.23. The second-order valence-electron chi connectivity index (χ2n) is 5.29. The fourth-order valence-corrected chi connectivity index (χ4v) is 2.81. The van der Waals surface area contributed by atoms with Crippen LogP contribution < -0.4 is 18.9 Å². The molecule has 0 N–H and O–H groups in total. The van der Waals surface area contributed by atoms with E-state index in [1.165, 1.54) is 0 Å². The lowest BCUT2D eigenvalue weighted by Gasteiger charge is -2.25. The molecule has 0 atom stereocenters. The van der Waals surface area contributed by atoms with E-state index in [0.29, 0.717) is 47.7 Å². The van der Waals surface area contributed by atoms with Gasteiger partial charge in [0.05, 0.1) is 0 Å². The summed E-state index contributed by atoms with van der Waals surface area (Å²) in [4.78, 5) is 0. The summed E-state index contributed by atoms with van der Waals surface area (Å²) in [7, 11) is 0. The highest BCUT2D eigenvalue weighted by Crippen LogP contribution is 2.50. The van der Waals surface area contributed by atoms with Gasteiger partial charge in [0, 0.05) is 12.1 Å². The second kappa shape index (κ2) is 4.31. The minimum Gasteiger partial charge on any atom is -0.486 e. The number of fused-ring (bicyclic) bond motifs is 4. The maximum Gasteiger partial charge on any atom is 0.174 e. The summed E-state index contributed by atoms with van der Waals surface area (Å²) in [6.45, 7) is 1.10. The van der Waals surface area contributed by atoms with Crippen molar-refractivity contribution in [1.82, 2.24) is 0 Å². The summed E-state index contributed by atoms with van der Waals surface area (Å²) >= 11 is 0. The van der Waals surface area contributed by atoms with Crippen molar-refractivity contribution in [2.24, 2.45) is 0 Å². The first-order chi connectivity index (χ1) is 10.9. The molecule has 5 rings (SSSR count). The van der Waals surface area contributed by atoms with Gasteiger partial charge >= 0.3 is 0 Å². The Hall–Kier alpha value is -2.88. The SMILES string of the molecule is c1ccc2cc3c(cc2c1)Oc1cc2c(cc1O3)OCCO2. The van der Waals surface area contributed by atoms with Crippen LogP contribution in [-0.4, -0.2) is 13.2 Å². The van der Waals surface area contributed by atoms with Crippen molar-refractivity contribution in [1.29, 1.82) is 0 Å². The number of rotatable bonds is 0. The lowest BCUT2D eigenvalue weighted by atomic mass is 10.1. The van der Waals surface area contributed by atoms with Crippen molar-refractivity contribution in [2.45, 2.75) is 0 Å². The molecule has 0 spiro atoms. The van der Waals surface area contributed by atoms with Crippen molar-refractivity contribution >= 4 is 10.8 Å². The van der Waals surface area contributed by atoms with Crippen molar-refractivity contribution < 1.29 is 18.9 Å². The van der Waals surface area contributed by atoms with E-state index in [1.54, 1.807) is 0 Å². The molecule has 0 fully saturated rings. The Bertz CT molecular complexity index is 827. The smallest absolute Gasteiger partial charge is 0.174 e. The molecule has 3 aromatic rings. The average molecular weight is 292 g/mol. The molecular formula is C18H12O4. The van der Waals surface area contributed by atoms with Gasteiger partial charge in [0.1, 0.15) is 13.2 Å². The van der Waals surface area contributed by atoms with Crippen LogP contribution in [0.15, 0.2) is 48.5 Å². The number of hydrogen-bond donors (Lipinski definition) is 0. The molecule has 22 heavy (non-hydrogen) atoms. The lowest BCUT2D eigenvalue weighted by Crippen LogP contribution is -2.15. The Morgan fingerprint density at radius 1 is 0.545 bits per heavy atom. The van der Waals surface area contributed by atoms with E-state index >= 15 is 0 Å². The van der Waals surface area contributed by atoms with E-state index in [2.05, 4.69) is 12.1 Å². The minimum atomic E-state index is 0.549. The molecule has 0 amide bonds. The summed E-state index contributed by atoms with van der Waals surface area (Å²) in [6, 6.07) is 15.7. The van der Waals surface area contributed by atoms with Crippen LogP contribution in [0.2, 0.25) is 0 Å². The van der Waals surface area contributed by atoms with E-state index < -0.39 is 0 Å². The van der Waals surface area contributed by atoms with Crippen molar-refractivity contribution in [2.75, 3.05) is 13.2 Å². The van der Waals surface area contributed by atoms with Gasteiger partial charge in [-0.05, 0) is 22.9 Å². The summed E-state index contributed by atoms with van der Waals surface area (Å²) < 4.78 is 23.2. The predicted octanol–water partition coefficient (Wildman–Crippen LogP) is 4.51. The Labute approximate surface area is 126 Å². The average Bonchev–Trinajstić information content (AvgIpc) is 2.56. The summed E-state index contributed by atoms with van der Waals surface area (Å²) in [6.07, 6.45) is 0. The third kappa shape index (κ3) is 1.70. The van der Waals surface area contributed by atoms with E-state index in [-0.39, 0.29) is 0 Å². The van der Waals surface area contributed by atoms with Crippen LogP contribution in [0.5, 0.6) is 34.5 Å². The van der Waals surface area contributed by atoms with E-state index in [1.807, 2.05) is 36.4 Å². The highest BCUT2D eigenvalue weighted by atomic mass is 16.6. The molecule has 2 aliphatic heterocycles. The van der Waals surface area contributed by atoms with Gasteiger partial charge in [-0.2, -0.15) is 0 Å². The van der Waals surface area contributed by atoms with Gasteiger partial charge in [-0.15, -0.1) is 0 Å². The van der Waals surface area contributed by atoms with Gasteiger partial charge in [0.2, 0.25) is 0 Å². The third-order valence-electron chi connectivity index (χ3n) is 3.86. The topological polar surface area (TPSA) is 36.9 Å². The fraction of sp³-hybridized carbons (Fsp3) is 0.111. The van der Waals surface area contributed by atoms with Gasteiger partial charge in [-0.3, -0.25) is 0 Å². The molecule has 4 nitrogen and oxygen atoms in total. The molecule has 0 aliphatic carbocycles. The van der Waals surface area contributed by atoms with Crippen LogP contribution in [0.25, 0.3) is 10.8 Å². The molecule has 0 saturated carbocycles. The zero-order valence-corrected chi connectivity index (χ0v) is 11.7. The summed E-state index contributed by atoms with van der Waals surface area (Å²) in [5.41, 5.74) is 0. The Kier molecular flexibility index (Phi) is 2.30. The molecule has 0 aromatic heterocycles. The molecule has 2 aliphatic rings. The van der Waals surface area contributed by atoms with Gasteiger partial charge in [0.25, 0.3) is 0 Å². The number of hydrogen-bond acceptors (Lipinski definition) is 4. The van der Waals surface area contributed by atoms with Crippen LogP contribution >= 0.6 is 0 Å². The van der Waals surface area contributed by atoms with Crippen LogP contribution in [0, 0.1) is 0 Å². The Balaban J connectivity index is 1.64. The quantitative estimate of drug-likeness (QED) is 0.478. The molecule has 0 bridgehead atoms. The van der Waals surface area contributed by atoms with Crippen molar-refractivity contribution in [3.63, 3.8) is 0 Å². The number of benzene rings is 3. The van der Waals surface area contributed by atoms with Crippen LogP contribution in [0.4, 0.5) is 0 Å². The highest BCUT2D eigenvalue weighted by Gasteiger charge is 2.24. The molecule has 4 heteroatoms. The zero-order chi connectivity index (χ0) is 14.5. The van der Waals surface area contributed by atoms with Gasteiger partial charge in [-0.1, -0.05) is 24.3 Å². The first-order valence-electron chi connectivity index (χ1n) is 7.19.